The molecule has 0 N–H and O–H groups in total. The molecule has 1 nitrogen and oxygen atoms in total. The molecule has 0 aromatic heterocycles. The van der Waals surface area contributed by atoms with E-state index in [2.05, 4.69) is 4.74 Å². The molecule has 0 bridgehead atoms. The van der Waals surface area contributed by atoms with Crippen LogP contribution in [-0.4, -0.2) is 21.3 Å². The molecule has 0 aliphatic rings. The maximum Gasteiger partial charge on any atom is 0.404 e. The molecule has 0 heterocycles. The molecule has 0 fully saturated rings. The highest BCUT2D eigenvalue weighted by Crippen LogP contribution is 2.21. The molecule has 0 spiro atoms. The number of hydrogen-bond donors (Lipinski definition) is 0. The third-order valence-corrected chi connectivity index (χ3v) is 7.50. The summed E-state index contributed by atoms with van der Waals surface area (Å²) in [7, 11) is 0.815. The van der Waals surface area contributed by atoms with Crippen LogP contribution in [0.2, 0.25) is 0 Å². The molecular weight excluding hydrogens is 442 g/mol. The average molecular weight is 450 g/mol. The van der Waals surface area contributed by atoms with Crippen molar-refractivity contribution in [3.05, 3.63) is 82.7 Å². The van der Waals surface area contributed by atoms with Gasteiger partial charge in [-0.2, -0.15) is 0 Å². The van der Waals surface area contributed by atoms with Gasteiger partial charge in [-0.25, -0.2) is 39.5 Å². The lowest BCUT2D eigenvalue weighted by Crippen LogP contribution is -2.57. The summed E-state index contributed by atoms with van der Waals surface area (Å²) in [5.41, 5.74) is 0. The second-order valence-electron chi connectivity index (χ2n) is 6.12. The van der Waals surface area contributed by atoms with E-state index in [1.54, 1.807) is 0 Å². The molecule has 0 unspecified atom stereocenters. The van der Waals surface area contributed by atoms with Crippen molar-refractivity contribution in [1.29, 1.82) is 0 Å². The quantitative estimate of drug-likeness (QED) is 0.336. The number of benzene rings is 3. The number of hydrogen-bond acceptors (Lipinski definition) is 1. The SMILES string of the molecule is COc1c(F)cc(F)c(F)[c]1[Al]([c]1cc(F)cc(F)c1F)[c]1cc(F)cc(F)c1F. The smallest absolute Gasteiger partial charge is 0.404 e. The highest BCUT2D eigenvalue weighted by atomic mass is 27.2. The molecule has 3 aromatic carbocycles. The zero-order valence-electron chi connectivity index (χ0n) is 14.8. The van der Waals surface area contributed by atoms with E-state index < -0.39 is 85.5 Å². The molecule has 0 aliphatic carbocycles. The summed E-state index contributed by atoms with van der Waals surface area (Å²) in [6.45, 7) is 0. The van der Waals surface area contributed by atoms with Crippen LogP contribution in [0.1, 0.15) is 0 Å². The molecule has 0 saturated heterocycles. The van der Waals surface area contributed by atoms with Gasteiger partial charge in [0.05, 0.1) is 7.11 Å². The van der Waals surface area contributed by atoms with Gasteiger partial charge in [-0.15, -0.1) is 0 Å². The summed E-state index contributed by atoms with van der Waals surface area (Å²) in [6, 6.07) is 0.978. The Morgan fingerprint density at radius 2 is 1.00 bits per heavy atom. The molecule has 11 heteroatoms. The largest absolute Gasteiger partial charge is 0.495 e. The second-order valence-corrected chi connectivity index (χ2v) is 8.80. The number of ether oxygens (including phenoxy) is 1. The van der Waals surface area contributed by atoms with E-state index in [1.165, 1.54) is 0 Å². The monoisotopic (exact) mass is 450 g/mol. The molecule has 0 atom stereocenters. The minimum absolute atomic E-state index is 0.0775. The van der Waals surface area contributed by atoms with Crippen LogP contribution in [0, 0.1) is 52.4 Å². The fourth-order valence-corrected chi connectivity index (χ4v) is 6.41. The summed E-state index contributed by atoms with van der Waals surface area (Å²) in [4.78, 5) is 0. The van der Waals surface area contributed by atoms with E-state index in [-0.39, 0.29) is 18.2 Å². The van der Waals surface area contributed by atoms with Gasteiger partial charge < -0.3 is 4.74 Å². The summed E-state index contributed by atoms with van der Waals surface area (Å²) in [5, 5.41) is 0. The predicted octanol–water partition coefficient (Wildman–Crippen LogP) is 3.46. The van der Waals surface area contributed by atoms with Crippen LogP contribution in [0.5, 0.6) is 5.75 Å². The fraction of sp³-hybridized carbons (Fsp3) is 0.0526. The van der Waals surface area contributed by atoms with Crippen LogP contribution in [0.25, 0.3) is 0 Å². The van der Waals surface area contributed by atoms with Crippen LogP contribution in [-0.2, 0) is 0 Å². The molecule has 0 amide bonds. The van der Waals surface area contributed by atoms with Crippen LogP contribution in [0.4, 0.5) is 39.5 Å². The first-order chi connectivity index (χ1) is 14.1. The van der Waals surface area contributed by atoms with E-state index in [0.29, 0.717) is 12.1 Å². The maximum atomic E-state index is 14.7. The fourth-order valence-electron chi connectivity index (χ4n) is 3.11. The first kappa shape index (κ1) is 22.1. The van der Waals surface area contributed by atoms with Gasteiger partial charge in [-0.1, -0.05) is 8.85 Å². The third kappa shape index (κ3) is 3.75. The lowest BCUT2D eigenvalue weighted by atomic mass is 10.3. The van der Waals surface area contributed by atoms with Crippen LogP contribution < -0.4 is 18.0 Å². The normalized spacial score (nSPS) is 11.0. The Hall–Kier alpha value is -2.64. The first-order valence-corrected chi connectivity index (χ1v) is 9.80. The van der Waals surface area contributed by atoms with Gasteiger partial charge in [0.1, 0.15) is 29.0 Å². The van der Waals surface area contributed by atoms with Crippen molar-refractivity contribution in [3.63, 3.8) is 0 Å². The van der Waals surface area contributed by atoms with E-state index >= 15 is 0 Å². The molecule has 156 valence electrons. The van der Waals surface area contributed by atoms with E-state index in [0.717, 1.165) is 7.11 Å². The van der Waals surface area contributed by atoms with Gasteiger partial charge in [-0.3, -0.25) is 0 Å². The summed E-state index contributed by atoms with van der Waals surface area (Å²) in [5.74, 6) is -16.1. The van der Waals surface area contributed by atoms with Crippen molar-refractivity contribution in [2.45, 2.75) is 0 Å². The highest BCUT2D eigenvalue weighted by Gasteiger charge is 2.40. The minimum atomic E-state index is -4.34. The Labute approximate surface area is 167 Å². The lowest BCUT2D eigenvalue weighted by molar-refractivity contribution is 0.381. The molecule has 3 aromatic rings. The summed E-state index contributed by atoms with van der Waals surface area (Å²) >= 11 is -4.34. The molecule has 0 radical (unpaired) electrons. The zero-order valence-corrected chi connectivity index (χ0v) is 15.9. The van der Waals surface area contributed by atoms with Crippen molar-refractivity contribution in [3.8, 4) is 5.75 Å². The third-order valence-electron chi connectivity index (χ3n) is 4.32. The Balaban J connectivity index is 2.52. The molecule has 0 aliphatic heterocycles. The number of methoxy groups -OCH3 is 1. The summed E-state index contributed by atoms with van der Waals surface area (Å²) < 4.78 is 129. The van der Waals surface area contributed by atoms with E-state index in [1.807, 2.05) is 0 Å². The van der Waals surface area contributed by atoms with Gasteiger partial charge in [0.15, 0.2) is 29.1 Å². The molecule has 3 rings (SSSR count). The highest BCUT2D eigenvalue weighted by molar-refractivity contribution is 6.96. The van der Waals surface area contributed by atoms with Crippen LogP contribution in [0.15, 0.2) is 30.3 Å². The van der Waals surface area contributed by atoms with E-state index in [4.69, 9.17) is 0 Å². The number of halogens is 9. The van der Waals surface area contributed by atoms with Gasteiger partial charge in [0.25, 0.3) is 0 Å². The zero-order chi connectivity index (χ0) is 22.3. The van der Waals surface area contributed by atoms with Gasteiger partial charge in [-0.05, 0) is 16.6 Å². The topological polar surface area (TPSA) is 9.23 Å². The average Bonchev–Trinajstić information content (AvgIpc) is 2.66. The Bertz CT molecular complexity index is 1090. The number of rotatable bonds is 4. The van der Waals surface area contributed by atoms with Crippen molar-refractivity contribution >= 4 is 27.4 Å². The van der Waals surface area contributed by atoms with Crippen LogP contribution in [0.3, 0.4) is 0 Å². The van der Waals surface area contributed by atoms with Gasteiger partial charge in [0, 0.05) is 18.2 Å². The predicted molar refractivity (Wildman–Crippen MR) is 90.2 cm³/mol. The van der Waals surface area contributed by atoms with Crippen molar-refractivity contribution in [1.82, 2.24) is 0 Å². The standard InChI is InChI=1S/C7H4F3O.2C6H2F3.Al/c1-11-7-3-5(9)4(8)2-6(7)10;2*7-4-1-2-5(8)6(9)3-4;/h2H,1H3;2*1,3H;. The van der Waals surface area contributed by atoms with Crippen molar-refractivity contribution in [2.75, 3.05) is 7.11 Å². The van der Waals surface area contributed by atoms with Crippen LogP contribution >= 0.6 is 0 Å². The van der Waals surface area contributed by atoms with Crippen molar-refractivity contribution in [2.24, 2.45) is 0 Å². The minimum Gasteiger partial charge on any atom is -0.495 e. The Morgan fingerprint density at radius 3 is 1.43 bits per heavy atom. The van der Waals surface area contributed by atoms with E-state index in [9.17, 15) is 39.5 Å². The van der Waals surface area contributed by atoms with Gasteiger partial charge >= 0.3 is 14.1 Å². The Morgan fingerprint density at radius 1 is 0.567 bits per heavy atom. The lowest BCUT2D eigenvalue weighted by Gasteiger charge is -2.20. The van der Waals surface area contributed by atoms with Crippen molar-refractivity contribution < 1.29 is 44.3 Å². The second kappa shape index (κ2) is 8.24. The first-order valence-electron chi connectivity index (χ1n) is 8.07. The molecule has 0 saturated carbocycles. The molecular formula is C19H8AlF9O. The summed E-state index contributed by atoms with van der Waals surface area (Å²) in [6.07, 6.45) is 0. The Kier molecular flexibility index (Phi) is 6.06. The molecule has 30 heavy (non-hydrogen) atoms. The maximum absolute atomic E-state index is 14.7. The van der Waals surface area contributed by atoms with Gasteiger partial charge in [0.2, 0.25) is 0 Å².